The maximum atomic E-state index is 5.66. The average Bonchev–Trinajstić information content (AvgIpc) is 3.28. The lowest BCUT2D eigenvalue weighted by molar-refractivity contribution is 0.416. The Kier molecular flexibility index (Phi) is 4.54. The van der Waals surface area contributed by atoms with Crippen LogP contribution in [0.25, 0.3) is 22.3 Å². The number of methoxy groups -OCH3 is 1. The number of nitrogens with zero attached hydrogens (tertiary/aromatic N) is 3. The molecule has 0 aliphatic carbocycles. The summed E-state index contributed by atoms with van der Waals surface area (Å²) in [6.07, 6.45) is 1.82. The number of aromatic nitrogens is 3. The number of nitrogens with one attached hydrogen (secondary N) is 1. The normalized spacial score (nSPS) is 11.0. The van der Waals surface area contributed by atoms with Gasteiger partial charge in [-0.25, -0.2) is 9.97 Å². The molecule has 0 aliphatic rings. The summed E-state index contributed by atoms with van der Waals surface area (Å²) in [6.45, 7) is 0. The van der Waals surface area contributed by atoms with Crippen LogP contribution < -0.4 is 15.2 Å². The zero-order valence-electron chi connectivity index (χ0n) is 14.3. The molecular weight excluding hydrogens is 366 g/mol. The second-order valence-corrected chi connectivity index (χ2v) is 7.27. The Labute approximate surface area is 159 Å². The first-order valence-corrected chi connectivity index (χ1v) is 9.62. The van der Waals surface area contributed by atoms with Gasteiger partial charge in [0.15, 0.2) is 5.13 Å². The van der Waals surface area contributed by atoms with Crippen molar-refractivity contribution in [2.45, 2.75) is 4.90 Å². The van der Waals surface area contributed by atoms with E-state index in [0.717, 1.165) is 43.8 Å². The van der Waals surface area contributed by atoms with Crippen LogP contribution in [-0.2, 0) is 7.05 Å². The summed E-state index contributed by atoms with van der Waals surface area (Å²) in [5, 5.41) is 11.8. The summed E-state index contributed by atoms with van der Waals surface area (Å²) in [5.41, 5.74) is 4.85. The highest BCUT2D eigenvalue weighted by atomic mass is 32.2. The fourth-order valence-corrected chi connectivity index (χ4v) is 3.80. The third-order valence-electron chi connectivity index (χ3n) is 4.07. The SMILES string of the molecule is COc1ccc(SN)cc1Nc1nc(-c2ccc3c(c2)ncn3C)cs1. The zero-order valence-corrected chi connectivity index (χ0v) is 15.9. The Morgan fingerprint density at radius 2 is 2.12 bits per heavy atom. The lowest BCUT2D eigenvalue weighted by Gasteiger charge is -2.10. The number of imidazole rings is 1. The van der Waals surface area contributed by atoms with Crippen molar-refractivity contribution in [3.63, 3.8) is 0 Å². The number of hydrogen-bond donors (Lipinski definition) is 2. The van der Waals surface area contributed by atoms with Gasteiger partial charge in [0.2, 0.25) is 0 Å². The van der Waals surface area contributed by atoms with Crippen LogP contribution in [0.5, 0.6) is 5.75 Å². The summed E-state index contributed by atoms with van der Waals surface area (Å²) in [5.74, 6) is 0.745. The van der Waals surface area contributed by atoms with E-state index in [-0.39, 0.29) is 0 Å². The molecule has 8 heteroatoms. The molecule has 0 aliphatic heterocycles. The fraction of sp³-hybridized carbons (Fsp3) is 0.111. The minimum absolute atomic E-state index is 0.745. The fourth-order valence-electron chi connectivity index (χ4n) is 2.73. The molecule has 0 saturated carbocycles. The third kappa shape index (κ3) is 3.14. The summed E-state index contributed by atoms with van der Waals surface area (Å²) in [6, 6.07) is 11.9. The molecule has 4 aromatic rings. The van der Waals surface area contributed by atoms with E-state index in [1.807, 2.05) is 41.5 Å². The van der Waals surface area contributed by atoms with Crippen molar-refractivity contribution in [2.24, 2.45) is 12.2 Å². The maximum Gasteiger partial charge on any atom is 0.187 e. The molecule has 0 fully saturated rings. The van der Waals surface area contributed by atoms with Crippen molar-refractivity contribution in [2.75, 3.05) is 12.4 Å². The molecule has 0 spiro atoms. The van der Waals surface area contributed by atoms with Gasteiger partial charge in [-0.3, -0.25) is 5.14 Å². The van der Waals surface area contributed by atoms with Crippen LogP contribution in [0.1, 0.15) is 0 Å². The van der Waals surface area contributed by atoms with Gasteiger partial charge in [-0.1, -0.05) is 6.07 Å². The van der Waals surface area contributed by atoms with Gasteiger partial charge in [0.05, 0.1) is 35.9 Å². The smallest absolute Gasteiger partial charge is 0.187 e. The van der Waals surface area contributed by atoms with Gasteiger partial charge >= 0.3 is 0 Å². The minimum atomic E-state index is 0.745. The van der Waals surface area contributed by atoms with Crippen LogP contribution in [0.15, 0.2) is 53.0 Å². The number of aryl methyl sites for hydroxylation is 1. The molecule has 26 heavy (non-hydrogen) atoms. The minimum Gasteiger partial charge on any atom is -0.495 e. The Morgan fingerprint density at radius 1 is 1.23 bits per heavy atom. The maximum absolute atomic E-state index is 5.66. The van der Waals surface area contributed by atoms with Crippen molar-refractivity contribution in [1.29, 1.82) is 0 Å². The zero-order chi connectivity index (χ0) is 18.1. The molecular formula is C18H17N5OS2. The number of ether oxygens (including phenoxy) is 1. The Morgan fingerprint density at radius 3 is 2.92 bits per heavy atom. The molecule has 0 radical (unpaired) electrons. The van der Waals surface area contributed by atoms with Crippen molar-refractivity contribution >= 4 is 45.1 Å². The van der Waals surface area contributed by atoms with Gasteiger partial charge in [-0.05, 0) is 42.3 Å². The largest absolute Gasteiger partial charge is 0.495 e. The highest BCUT2D eigenvalue weighted by Gasteiger charge is 2.10. The monoisotopic (exact) mass is 383 g/mol. The van der Waals surface area contributed by atoms with Crippen molar-refractivity contribution in [1.82, 2.24) is 14.5 Å². The van der Waals surface area contributed by atoms with Gasteiger partial charge < -0.3 is 14.6 Å². The van der Waals surface area contributed by atoms with E-state index in [1.165, 1.54) is 11.9 Å². The molecule has 0 amide bonds. The Balaban J connectivity index is 1.63. The van der Waals surface area contributed by atoms with Crippen molar-refractivity contribution < 1.29 is 4.74 Å². The number of nitrogens with two attached hydrogens (primary N) is 1. The Bertz CT molecular complexity index is 1070. The van der Waals surface area contributed by atoms with Crippen LogP contribution in [0.2, 0.25) is 0 Å². The number of thiazole rings is 1. The first-order chi connectivity index (χ1) is 12.7. The van der Waals surface area contributed by atoms with Gasteiger partial charge in [0.25, 0.3) is 0 Å². The molecule has 6 nitrogen and oxygen atoms in total. The molecule has 2 heterocycles. The standard InChI is InChI=1S/C18H17N5OS2/c1-23-10-20-13-7-11(3-5-16(13)23)15-9-25-18(22-15)21-14-8-12(26-19)4-6-17(14)24-2/h3-10H,19H2,1-2H3,(H,21,22). The van der Waals surface area contributed by atoms with E-state index in [9.17, 15) is 0 Å². The predicted molar refractivity (Wildman–Crippen MR) is 108 cm³/mol. The van der Waals surface area contributed by atoms with E-state index < -0.39 is 0 Å². The quantitative estimate of drug-likeness (QED) is 0.497. The molecule has 3 N–H and O–H groups in total. The van der Waals surface area contributed by atoms with Crippen molar-refractivity contribution in [3.05, 3.63) is 48.1 Å². The van der Waals surface area contributed by atoms with Crippen LogP contribution in [0, 0.1) is 0 Å². The topological polar surface area (TPSA) is 78.0 Å². The lowest BCUT2D eigenvalue weighted by atomic mass is 10.1. The van der Waals surface area contributed by atoms with E-state index in [2.05, 4.69) is 28.5 Å². The van der Waals surface area contributed by atoms with Crippen molar-refractivity contribution in [3.8, 4) is 17.0 Å². The third-order valence-corrected chi connectivity index (χ3v) is 5.36. The van der Waals surface area contributed by atoms with Crippen LogP contribution in [0.3, 0.4) is 0 Å². The van der Waals surface area contributed by atoms with Gasteiger partial charge in [0, 0.05) is 22.9 Å². The number of rotatable bonds is 5. The van der Waals surface area contributed by atoms with Gasteiger partial charge in [-0.2, -0.15) is 0 Å². The van der Waals surface area contributed by atoms with E-state index in [1.54, 1.807) is 18.4 Å². The molecule has 0 bridgehead atoms. The molecule has 132 valence electrons. The molecule has 0 saturated heterocycles. The lowest BCUT2D eigenvalue weighted by Crippen LogP contribution is -1.95. The second kappa shape index (κ2) is 6.99. The number of anilines is 2. The number of benzene rings is 2. The predicted octanol–water partition coefficient (Wildman–Crippen LogP) is 4.41. The molecule has 0 unspecified atom stereocenters. The highest BCUT2D eigenvalue weighted by molar-refractivity contribution is 7.97. The summed E-state index contributed by atoms with van der Waals surface area (Å²) < 4.78 is 7.41. The highest BCUT2D eigenvalue weighted by Crippen LogP contribution is 2.34. The van der Waals surface area contributed by atoms with E-state index in [0.29, 0.717) is 0 Å². The first kappa shape index (κ1) is 16.9. The summed E-state index contributed by atoms with van der Waals surface area (Å²) >= 11 is 2.74. The first-order valence-electron chi connectivity index (χ1n) is 7.86. The summed E-state index contributed by atoms with van der Waals surface area (Å²) in [4.78, 5) is 10.1. The Hall–Kier alpha value is -2.55. The van der Waals surface area contributed by atoms with E-state index >= 15 is 0 Å². The molecule has 2 aromatic carbocycles. The van der Waals surface area contributed by atoms with Crippen LogP contribution in [-0.4, -0.2) is 21.6 Å². The molecule has 2 aromatic heterocycles. The second-order valence-electron chi connectivity index (χ2n) is 5.70. The average molecular weight is 384 g/mol. The van der Waals surface area contributed by atoms with Crippen LogP contribution >= 0.6 is 23.3 Å². The molecule has 0 atom stereocenters. The van der Waals surface area contributed by atoms with Crippen LogP contribution in [0.4, 0.5) is 10.8 Å². The summed E-state index contributed by atoms with van der Waals surface area (Å²) in [7, 11) is 3.63. The van der Waals surface area contributed by atoms with Gasteiger partial charge in [0.1, 0.15) is 5.75 Å². The number of fused-ring (bicyclic) bond motifs is 1. The number of hydrogen-bond acceptors (Lipinski definition) is 7. The van der Waals surface area contributed by atoms with E-state index in [4.69, 9.17) is 14.9 Å². The molecule has 4 rings (SSSR count). The van der Waals surface area contributed by atoms with Gasteiger partial charge in [-0.15, -0.1) is 11.3 Å².